The van der Waals surface area contributed by atoms with Gasteiger partial charge in [0.2, 0.25) is 0 Å². The van der Waals surface area contributed by atoms with Crippen molar-refractivity contribution < 1.29 is 0 Å². The van der Waals surface area contributed by atoms with E-state index in [-0.39, 0.29) is 0 Å². The summed E-state index contributed by atoms with van der Waals surface area (Å²) in [4.78, 5) is 16.6. The molecule has 0 amide bonds. The fourth-order valence-corrected chi connectivity index (χ4v) is 5.98. The number of thiophene rings is 1. The van der Waals surface area contributed by atoms with E-state index in [9.17, 15) is 0 Å². The first-order valence-electron chi connectivity index (χ1n) is 12.7. The number of nitrogens with zero attached hydrogens (tertiary/aromatic N) is 3. The Morgan fingerprint density at radius 3 is 2.76 bits per heavy atom. The minimum atomic E-state index is 0.587. The minimum absolute atomic E-state index is 0.587. The van der Waals surface area contributed by atoms with E-state index in [1.165, 1.54) is 24.8 Å². The highest BCUT2D eigenvalue weighted by molar-refractivity contribution is 7.19. The highest BCUT2D eigenvalue weighted by atomic mass is 35.5. The summed E-state index contributed by atoms with van der Waals surface area (Å²) >= 11 is 7.76. The van der Waals surface area contributed by atoms with Crippen molar-refractivity contribution in [1.29, 1.82) is 0 Å². The van der Waals surface area contributed by atoms with Crippen LogP contribution in [0.3, 0.4) is 0 Å². The number of aromatic amines is 1. The van der Waals surface area contributed by atoms with Gasteiger partial charge in [-0.05, 0) is 86.5 Å². The van der Waals surface area contributed by atoms with Gasteiger partial charge in [-0.2, -0.15) is 0 Å². The van der Waals surface area contributed by atoms with Crippen LogP contribution < -0.4 is 5.73 Å². The van der Waals surface area contributed by atoms with E-state index < -0.39 is 0 Å². The van der Waals surface area contributed by atoms with Crippen molar-refractivity contribution >= 4 is 45.2 Å². The Morgan fingerprint density at radius 2 is 2.03 bits per heavy atom. The van der Waals surface area contributed by atoms with E-state index in [1.54, 1.807) is 11.3 Å². The van der Waals surface area contributed by atoms with Crippen LogP contribution in [-0.4, -0.2) is 39.5 Å². The number of pyridine rings is 2. The van der Waals surface area contributed by atoms with E-state index >= 15 is 0 Å². The summed E-state index contributed by atoms with van der Waals surface area (Å²) in [6.45, 7) is 9.34. The second kappa shape index (κ2) is 11.5. The SMILES string of the molecule is C=C/C(=C\C(=C/C)c1ccc(N)c(Cc2cc3c(-c4ccc(Cl)s4)ccnc3[nH]2)n1)CN1CCCCC1. The Hall–Kier alpha value is -3.19. The van der Waals surface area contributed by atoms with Gasteiger partial charge in [0.15, 0.2) is 0 Å². The van der Waals surface area contributed by atoms with Gasteiger partial charge in [-0.3, -0.25) is 9.88 Å². The number of hydrogen-bond donors (Lipinski definition) is 2. The van der Waals surface area contributed by atoms with Crippen LogP contribution >= 0.6 is 22.9 Å². The first-order chi connectivity index (χ1) is 18.0. The molecule has 4 aromatic rings. The molecule has 5 rings (SSSR count). The zero-order valence-electron chi connectivity index (χ0n) is 21.1. The number of fused-ring (bicyclic) bond motifs is 1. The van der Waals surface area contributed by atoms with Crippen LogP contribution in [0.2, 0.25) is 4.34 Å². The number of allylic oxidation sites excluding steroid dienone is 3. The van der Waals surface area contributed by atoms with Gasteiger partial charge < -0.3 is 10.7 Å². The number of aromatic nitrogens is 3. The number of H-pyrrole nitrogens is 1. The average Bonchev–Trinajstić information content (AvgIpc) is 3.54. The highest BCUT2D eigenvalue weighted by Crippen LogP contribution is 2.35. The molecular formula is C30H32ClN5S. The quantitative estimate of drug-likeness (QED) is 0.232. The standard InChI is InChI=1S/C30H32ClN5S/c1-3-20(19-36-14-6-5-7-15-36)16-21(4-2)26-9-8-25(32)27(35-26)18-22-17-24-23(12-13-33-30(24)34-22)28-10-11-29(31)37-28/h3-4,8-13,16-17H,1,5-7,14-15,18-19,32H2,2H3,(H,33,34)/b20-16+,21-4+. The molecule has 5 nitrogen and oxygen atoms in total. The zero-order chi connectivity index (χ0) is 25.8. The normalized spacial score (nSPS) is 15.4. The lowest BCUT2D eigenvalue weighted by Gasteiger charge is -2.26. The Morgan fingerprint density at radius 1 is 1.19 bits per heavy atom. The van der Waals surface area contributed by atoms with Crippen molar-refractivity contribution in [3.05, 3.63) is 94.4 Å². The summed E-state index contributed by atoms with van der Waals surface area (Å²) in [5.41, 5.74) is 14.1. The van der Waals surface area contributed by atoms with Crippen LogP contribution in [0, 0.1) is 0 Å². The molecule has 4 aromatic heterocycles. The maximum Gasteiger partial charge on any atom is 0.138 e. The van der Waals surface area contributed by atoms with Crippen LogP contribution in [0.1, 0.15) is 43.3 Å². The maximum atomic E-state index is 6.39. The number of rotatable bonds is 8. The van der Waals surface area contributed by atoms with Crippen molar-refractivity contribution in [2.75, 3.05) is 25.4 Å². The molecule has 1 aliphatic heterocycles. The van der Waals surface area contributed by atoms with Gasteiger partial charge in [0, 0.05) is 40.7 Å². The van der Waals surface area contributed by atoms with Gasteiger partial charge in [-0.25, -0.2) is 4.98 Å². The second-order valence-corrected chi connectivity index (χ2v) is 11.1. The molecule has 0 aliphatic carbocycles. The van der Waals surface area contributed by atoms with Crippen LogP contribution in [-0.2, 0) is 6.42 Å². The molecule has 1 saturated heterocycles. The fourth-order valence-electron chi connectivity index (χ4n) is 4.90. The Labute approximate surface area is 227 Å². The summed E-state index contributed by atoms with van der Waals surface area (Å²) in [7, 11) is 0. The number of hydrogen-bond acceptors (Lipinski definition) is 5. The van der Waals surface area contributed by atoms with Crippen LogP contribution in [0.5, 0.6) is 0 Å². The second-order valence-electron chi connectivity index (χ2n) is 9.43. The van der Waals surface area contributed by atoms with Gasteiger partial charge in [0.25, 0.3) is 0 Å². The summed E-state index contributed by atoms with van der Waals surface area (Å²) in [5.74, 6) is 0. The Kier molecular flexibility index (Phi) is 7.89. The van der Waals surface area contributed by atoms with Crippen LogP contribution in [0.25, 0.3) is 27.0 Å². The maximum absolute atomic E-state index is 6.39. The molecule has 0 spiro atoms. The summed E-state index contributed by atoms with van der Waals surface area (Å²) in [6, 6.07) is 12.1. The monoisotopic (exact) mass is 529 g/mol. The van der Waals surface area contributed by atoms with Crippen molar-refractivity contribution in [1.82, 2.24) is 19.9 Å². The van der Waals surface area contributed by atoms with Gasteiger partial charge in [-0.1, -0.05) is 36.8 Å². The molecule has 5 heterocycles. The molecule has 190 valence electrons. The predicted octanol–water partition coefficient (Wildman–Crippen LogP) is 7.51. The predicted molar refractivity (Wildman–Crippen MR) is 158 cm³/mol. The first kappa shape index (κ1) is 25.5. The van der Waals surface area contributed by atoms with Crippen LogP contribution in [0.15, 0.2) is 73.0 Å². The van der Waals surface area contributed by atoms with Crippen LogP contribution in [0.4, 0.5) is 5.69 Å². The molecule has 0 atom stereocenters. The number of likely N-dealkylation sites (tertiary alicyclic amines) is 1. The number of anilines is 1. The van der Waals surface area contributed by atoms with Crippen molar-refractivity contribution in [2.45, 2.75) is 32.6 Å². The van der Waals surface area contributed by atoms with Gasteiger partial charge in [-0.15, -0.1) is 11.3 Å². The van der Waals surface area contributed by atoms with Crippen molar-refractivity contribution in [3.8, 4) is 10.4 Å². The third-order valence-corrected chi connectivity index (χ3v) is 8.12. The molecule has 3 N–H and O–H groups in total. The minimum Gasteiger partial charge on any atom is -0.397 e. The summed E-state index contributed by atoms with van der Waals surface area (Å²) in [5, 5.41) is 1.07. The highest BCUT2D eigenvalue weighted by Gasteiger charge is 2.14. The Balaban J connectivity index is 1.41. The summed E-state index contributed by atoms with van der Waals surface area (Å²) < 4.78 is 0.772. The molecule has 1 fully saturated rings. The van der Waals surface area contributed by atoms with Crippen molar-refractivity contribution in [2.24, 2.45) is 0 Å². The topological polar surface area (TPSA) is 70.8 Å². The van der Waals surface area contributed by atoms with E-state index in [1.807, 2.05) is 49.5 Å². The van der Waals surface area contributed by atoms with Crippen molar-refractivity contribution in [3.63, 3.8) is 0 Å². The fraction of sp³-hybridized carbons (Fsp3) is 0.267. The number of nitrogens with two attached hydrogens (primary N) is 1. The zero-order valence-corrected chi connectivity index (χ0v) is 22.7. The third-order valence-electron chi connectivity index (χ3n) is 6.86. The lowest BCUT2D eigenvalue weighted by Crippen LogP contribution is -2.31. The van der Waals surface area contributed by atoms with E-state index in [0.29, 0.717) is 12.1 Å². The van der Waals surface area contributed by atoms with Gasteiger partial charge in [0.1, 0.15) is 5.65 Å². The van der Waals surface area contributed by atoms with Gasteiger partial charge in [0.05, 0.1) is 21.4 Å². The number of nitrogen functional groups attached to an aromatic ring is 1. The number of halogens is 1. The molecule has 37 heavy (non-hydrogen) atoms. The molecular weight excluding hydrogens is 498 g/mol. The molecule has 0 radical (unpaired) electrons. The van der Waals surface area contributed by atoms with E-state index in [2.05, 4.69) is 39.7 Å². The Bertz CT molecular complexity index is 1470. The number of piperidine rings is 1. The third kappa shape index (κ3) is 5.87. The first-order valence-corrected chi connectivity index (χ1v) is 13.9. The molecule has 1 aliphatic rings. The lowest BCUT2D eigenvalue weighted by molar-refractivity contribution is 0.248. The molecule has 0 unspecified atom stereocenters. The summed E-state index contributed by atoms with van der Waals surface area (Å²) in [6.07, 6.45) is 12.6. The smallest absolute Gasteiger partial charge is 0.138 e. The molecule has 7 heteroatoms. The lowest BCUT2D eigenvalue weighted by atomic mass is 10.0. The number of nitrogens with one attached hydrogen (secondary N) is 1. The average molecular weight is 530 g/mol. The van der Waals surface area contributed by atoms with E-state index in [4.69, 9.17) is 22.3 Å². The van der Waals surface area contributed by atoms with Gasteiger partial charge >= 0.3 is 0 Å². The molecule has 0 aromatic carbocycles. The molecule has 0 saturated carbocycles. The van der Waals surface area contributed by atoms with E-state index in [0.717, 1.165) is 68.1 Å². The largest absolute Gasteiger partial charge is 0.397 e. The molecule has 0 bridgehead atoms.